The second kappa shape index (κ2) is 11.5. The van der Waals surface area contributed by atoms with E-state index in [4.69, 9.17) is 9.47 Å². The number of rotatable bonds is 12. The third kappa shape index (κ3) is 6.12. The minimum atomic E-state index is -3.97. The van der Waals surface area contributed by atoms with Crippen molar-refractivity contribution >= 4 is 37.4 Å². The predicted octanol–water partition coefficient (Wildman–Crippen LogP) is 2.94. The second-order valence-electron chi connectivity index (χ2n) is 7.05. The average molecular weight is 479 g/mol. The molecule has 0 saturated carbocycles. The fraction of sp³-hybridized carbons (Fsp3) is 0.318. The van der Waals surface area contributed by atoms with Gasteiger partial charge in [-0.1, -0.05) is 36.4 Å². The van der Waals surface area contributed by atoms with Crippen LogP contribution in [0.3, 0.4) is 0 Å². The molecule has 0 fully saturated rings. The molecule has 1 atom stereocenters. The molecule has 2 aromatic carbocycles. The Kier molecular flexibility index (Phi) is 8.74. The number of carbonyl (C=O) groups excluding carboxylic acids is 1. The fourth-order valence-corrected chi connectivity index (χ4v) is 5.80. The molecule has 0 spiro atoms. The molecular formula is C22H26N2O6S2. The minimum absolute atomic E-state index is 0.0637. The average Bonchev–Trinajstić information content (AvgIpc) is 3.26. The van der Waals surface area contributed by atoms with Crippen molar-refractivity contribution in [2.45, 2.75) is 11.8 Å². The molecule has 32 heavy (non-hydrogen) atoms. The SMILES string of the molecule is COCCOCCN([C@@H](C(=O)NO)c1ccccc1)S(=O)(=O)Cc1ccc2sccc2c1. The van der Waals surface area contributed by atoms with Crippen LogP contribution in [0.2, 0.25) is 0 Å². The van der Waals surface area contributed by atoms with Gasteiger partial charge in [0.2, 0.25) is 10.0 Å². The van der Waals surface area contributed by atoms with E-state index in [0.717, 1.165) is 14.4 Å². The first-order valence-electron chi connectivity index (χ1n) is 9.97. The molecule has 2 N–H and O–H groups in total. The van der Waals surface area contributed by atoms with Crippen LogP contribution >= 0.6 is 11.3 Å². The summed E-state index contributed by atoms with van der Waals surface area (Å²) >= 11 is 1.58. The van der Waals surface area contributed by atoms with Crippen LogP contribution in [0.4, 0.5) is 0 Å². The Balaban J connectivity index is 1.92. The van der Waals surface area contributed by atoms with E-state index in [1.165, 1.54) is 0 Å². The topological polar surface area (TPSA) is 105 Å². The summed E-state index contributed by atoms with van der Waals surface area (Å²) in [6.07, 6.45) is 0. The molecule has 3 aromatic rings. The largest absolute Gasteiger partial charge is 0.382 e. The molecular weight excluding hydrogens is 452 g/mol. The summed E-state index contributed by atoms with van der Waals surface area (Å²) in [4.78, 5) is 12.6. The maximum Gasteiger partial charge on any atom is 0.266 e. The molecule has 1 amide bonds. The Hall–Kier alpha value is -2.34. The number of hydrogen-bond acceptors (Lipinski definition) is 7. The van der Waals surface area contributed by atoms with Crippen molar-refractivity contribution in [2.24, 2.45) is 0 Å². The maximum absolute atomic E-state index is 13.5. The third-order valence-electron chi connectivity index (χ3n) is 4.87. The summed E-state index contributed by atoms with van der Waals surface area (Å²) < 4.78 is 39.6. The summed E-state index contributed by atoms with van der Waals surface area (Å²) in [7, 11) is -2.43. The highest BCUT2D eigenvalue weighted by Crippen LogP contribution is 2.28. The summed E-state index contributed by atoms with van der Waals surface area (Å²) in [5.41, 5.74) is 2.65. The van der Waals surface area contributed by atoms with Gasteiger partial charge >= 0.3 is 0 Å². The van der Waals surface area contributed by atoms with E-state index in [9.17, 15) is 18.4 Å². The molecule has 0 unspecified atom stereocenters. The summed E-state index contributed by atoms with van der Waals surface area (Å²) in [5, 5.41) is 12.3. The third-order valence-corrected chi connectivity index (χ3v) is 7.58. The number of sulfonamides is 1. The molecule has 1 heterocycles. The molecule has 8 nitrogen and oxygen atoms in total. The Bertz CT molecular complexity index is 1120. The standard InChI is InChI=1S/C22H26N2O6S2/c1-29-12-13-30-11-10-24(21(22(25)23-26)18-5-3-2-4-6-18)32(27,28)16-17-7-8-20-19(15-17)9-14-31-20/h2-9,14-15,21,26H,10-13,16H2,1H3,(H,23,25)/t21-/m1/s1. The van der Waals surface area contributed by atoms with Gasteiger partial charge < -0.3 is 9.47 Å². The van der Waals surface area contributed by atoms with Gasteiger partial charge in [-0.3, -0.25) is 10.0 Å². The number of nitrogens with one attached hydrogen (secondary N) is 1. The smallest absolute Gasteiger partial charge is 0.266 e. The highest BCUT2D eigenvalue weighted by atomic mass is 32.2. The van der Waals surface area contributed by atoms with Gasteiger partial charge in [0.15, 0.2) is 0 Å². The predicted molar refractivity (Wildman–Crippen MR) is 123 cm³/mol. The number of carbonyl (C=O) groups is 1. The lowest BCUT2D eigenvalue weighted by atomic mass is 10.1. The molecule has 0 bridgehead atoms. The van der Waals surface area contributed by atoms with Crippen molar-refractivity contribution in [2.75, 3.05) is 33.5 Å². The van der Waals surface area contributed by atoms with E-state index in [0.29, 0.717) is 24.3 Å². The molecule has 3 rings (SSSR count). The zero-order chi connectivity index (χ0) is 23.0. The van der Waals surface area contributed by atoms with Crippen LogP contribution in [0.1, 0.15) is 17.2 Å². The number of benzene rings is 2. The Labute approximate surface area is 191 Å². The van der Waals surface area contributed by atoms with Crippen LogP contribution in [-0.2, 0) is 30.0 Å². The fourth-order valence-electron chi connectivity index (χ4n) is 3.37. The van der Waals surface area contributed by atoms with Crippen molar-refractivity contribution in [3.05, 3.63) is 71.1 Å². The van der Waals surface area contributed by atoms with Gasteiger partial charge in [-0.05, 0) is 40.1 Å². The van der Waals surface area contributed by atoms with Crippen LogP contribution in [0.25, 0.3) is 10.1 Å². The minimum Gasteiger partial charge on any atom is -0.382 e. The Morgan fingerprint density at radius 3 is 2.62 bits per heavy atom. The number of hydrogen-bond donors (Lipinski definition) is 2. The molecule has 0 aliphatic carbocycles. The quantitative estimate of drug-likeness (QED) is 0.236. The van der Waals surface area contributed by atoms with Gasteiger partial charge in [-0.15, -0.1) is 11.3 Å². The first kappa shape index (κ1) is 24.3. The summed E-state index contributed by atoms with van der Waals surface area (Å²) in [5.74, 6) is -1.14. The van der Waals surface area contributed by atoms with Crippen molar-refractivity contribution in [3.8, 4) is 0 Å². The molecule has 0 aliphatic heterocycles. The lowest BCUT2D eigenvalue weighted by molar-refractivity contribution is -0.133. The molecule has 0 saturated heterocycles. The molecule has 1 aromatic heterocycles. The molecule has 0 radical (unpaired) electrons. The number of hydroxylamine groups is 1. The highest BCUT2D eigenvalue weighted by Gasteiger charge is 2.36. The monoisotopic (exact) mass is 478 g/mol. The number of thiophene rings is 1. The van der Waals surface area contributed by atoms with Gasteiger partial charge in [0.1, 0.15) is 6.04 Å². The van der Waals surface area contributed by atoms with Crippen LogP contribution < -0.4 is 5.48 Å². The number of amides is 1. The number of methoxy groups -OCH3 is 1. The van der Waals surface area contributed by atoms with Gasteiger partial charge in [0.25, 0.3) is 5.91 Å². The van der Waals surface area contributed by atoms with Crippen molar-refractivity contribution in [1.82, 2.24) is 9.79 Å². The van der Waals surface area contributed by atoms with E-state index in [1.807, 2.05) is 23.6 Å². The number of nitrogens with zero attached hydrogens (tertiary/aromatic N) is 1. The Morgan fingerprint density at radius 1 is 1.12 bits per heavy atom. The second-order valence-corrected chi connectivity index (χ2v) is 9.92. The van der Waals surface area contributed by atoms with Gasteiger partial charge in [0.05, 0.1) is 25.6 Å². The van der Waals surface area contributed by atoms with Gasteiger partial charge in [-0.25, -0.2) is 13.9 Å². The lowest BCUT2D eigenvalue weighted by Crippen LogP contribution is -2.45. The van der Waals surface area contributed by atoms with Crippen molar-refractivity contribution in [1.29, 1.82) is 0 Å². The number of fused-ring (bicyclic) bond motifs is 1. The molecule has 0 aliphatic rings. The van der Waals surface area contributed by atoms with E-state index in [2.05, 4.69) is 0 Å². The lowest BCUT2D eigenvalue weighted by Gasteiger charge is -2.29. The number of ether oxygens (including phenoxy) is 2. The maximum atomic E-state index is 13.5. The van der Waals surface area contributed by atoms with Gasteiger partial charge in [-0.2, -0.15) is 4.31 Å². The van der Waals surface area contributed by atoms with Crippen LogP contribution in [0, 0.1) is 0 Å². The van der Waals surface area contributed by atoms with E-state index < -0.39 is 22.0 Å². The highest BCUT2D eigenvalue weighted by molar-refractivity contribution is 7.88. The van der Waals surface area contributed by atoms with Crippen LogP contribution in [0.5, 0.6) is 0 Å². The van der Waals surface area contributed by atoms with Gasteiger partial charge in [0, 0.05) is 18.4 Å². The first-order valence-corrected chi connectivity index (χ1v) is 12.5. The zero-order valence-electron chi connectivity index (χ0n) is 17.6. The summed E-state index contributed by atoms with van der Waals surface area (Å²) in [6.45, 7) is 0.655. The van der Waals surface area contributed by atoms with Crippen LogP contribution in [0.15, 0.2) is 60.0 Å². The summed E-state index contributed by atoms with van der Waals surface area (Å²) in [6, 6.07) is 14.6. The normalized spacial score (nSPS) is 12.8. The van der Waals surface area contributed by atoms with Crippen LogP contribution in [-0.4, -0.2) is 57.3 Å². The van der Waals surface area contributed by atoms with Crippen molar-refractivity contribution < 1.29 is 27.9 Å². The van der Waals surface area contributed by atoms with E-state index in [1.54, 1.807) is 60.3 Å². The van der Waals surface area contributed by atoms with E-state index in [-0.39, 0.29) is 18.9 Å². The zero-order valence-corrected chi connectivity index (χ0v) is 19.3. The Morgan fingerprint density at radius 2 is 1.91 bits per heavy atom. The van der Waals surface area contributed by atoms with Crippen molar-refractivity contribution in [3.63, 3.8) is 0 Å². The van der Waals surface area contributed by atoms with E-state index >= 15 is 0 Å². The molecule has 10 heteroatoms. The first-order chi connectivity index (χ1) is 15.5. The molecule has 172 valence electrons.